The van der Waals surface area contributed by atoms with Crippen LogP contribution in [-0.4, -0.2) is 29.9 Å². The van der Waals surface area contributed by atoms with Gasteiger partial charge in [-0.05, 0) is 39.8 Å². The molecule has 0 saturated heterocycles. The summed E-state index contributed by atoms with van der Waals surface area (Å²) in [5, 5.41) is 0. The minimum Gasteiger partial charge on any atom is -0.358 e. The van der Waals surface area contributed by atoms with Crippen molar-refractivity contribution < 1.29 is 17.1 Å². The smallest absolute Gasteiger partial charge is 0.358 e. The van der Waals surface area contributed by atoms with Crippen LogP contribution in [0.5, 0.6) is 0 Å². The maximum Gasteiger partial charge on any atom is 2.00 e. The molecule has 2 rings (SSSR count). The zero-order valence-corrected chi connectivity index (χ0v) is 16.3. The zero-order valence-electron chi connectivity index (χ0n) is 13.6. The molecule has 0 N–H and O–H groups in total. The summed E-state index contributed by atoms with van der Waals surface area (Å²) in [7, 11) is 4.34. The van der Waals surface area contributed by atoms with Crippen molar-refractivity contribution in [1.82, 2.24) is 4.90 Å². The Morgan fingerprint density at radius 3 is 1.58 bits per heavy atom. The molecule has 0 amide bonds. The Morgan fingerprint density at radius 2 is 1.32 bits per heavy atom. The van der Waals surface area contributed by atoms with Crippen LogP contribution >= 0.6 is 15.9 Å². The number of alkyl halides is 1. The van der Waals surface area contributed by atoms with Crippen molar-refractivity contribution in [3.05, 3.63) is 14.9 Å². The molecule has 0 aromatic heterocycles. The molecule has 118 valence electrons. The molecule has 0 aliphatic heterocycles. The normalized spacial score (nSPS) is 26.4. The van der Waals surface area contributed by atoms with Gasteiger partial charge in [-0.3, -0.25) is 0 Å². The predicted molar refractivity (Wildman–Crippen MR) is 89.1 cm³/mol. The van der Waals surface area contributed by atoms with Crippen LogP contribution in [0, 0.1) is 20.8 Å². The van der Waals surface area contributed by atoms with Crippen molar-refractivity contribution in [1.29, 1.82) is 0 Å². The zero-order chi connectivity index (χ0) is 12.0. The van der Waals surface area contributed by atoms with Gasteiger partial charge in [0.1, 0.15) is 0 Å². The molecule has 1 nitrogen and oxygen atoms in total. The van der Waals surface area contributed by atoms with E-state index in [1.165, 1.54) is 51.4 Å². The third kappa shape index (κ3) is 9.50. The van der Waals surface area contributed by atoms with Crippen molar-refractivity contribution in [2.75, 3.05) is 14.1 Å². The summed E-state index contributed by atoms with van der Waals surface area (Å²) in [6.07, 6.45) is 11.7. The molecule has 0 aromatic rings. The second-order valence-electron chi connectivity index (χ2n) is 5.58. The predicted octanol–water partition coefficient (Wildman–Crippen LogP) is 5.35. The summed E-state index contributed by atoms with van der Waals surface area (Å²) in [5.41, 5.74) is 0. The first-order chi connectivity index (χ1) is 7.63. The molecule has 0 bridgehead atoms. The number of nitrogens with zero attached hydrogens (tertiary/aromatic N) is 1. The van der Waals surface area contributed by atoms with E-state index in [-0.39, 0.29) is 31.9 Å². The van der Waals surface area contributed by atoms with Gasteiger partial charge >= 0.3 is 17.1 Å². The molecule has 0 radical (unpaired) electrons. The first kappa shape index (κ1) is 24.9. The standard InChI is InChI=1S/C9H18BrN.C5H10.2CH3.Fe/c1-7(11(2)3)8-5-4-6-9(8)10;1-2-4-5-3-1;;;/h7-9H,4-6H2,1-3H3;1-5H2;2*1H3;/q;;2*-1;+2/t7-,8?,9?;;;;/m1..../s1. The number of rotatable bonds is 2. The minimum absolute atomic E-state index is 0. The Kier molecular flexibility index (Phi) is 18.3. The van der Waals surface area contributed by atoms with Gasteiger partial charge in [0.2, 0.25) is 0 Å². The van der Waals surface area contributed by atoms with Crippen LogP contribution in [0.15, 0.2) is 0 Å². The van der Waals surface area contributed by atoms with E-state index in [0.717, 1.165) is 16.8 Å². The molecule has 3 heteroatoms. The summed E-state index contributed by atoms with van der Waals surface area (Å²) in [6.45, 7) is 2.32. The molecule has 2 aliphatic carbocycles. The third-order valence-electron chi connectivity index (χ3n) is 4.17. The van der Waals surface area contributed by atoms with Gasteiger partial charge in [0.05, 0.1) is 0 Å². The van der Waals surface area contributed by atoms with E-state index in [2.05, 4.69) is 41.8 Å². The average Bonchev–Trinajstić information content (AvgIpc) is 2.89. The van der Waals surface area contributed by atoms with Crippen molar-refractivity contribution in [3.8, 4) is 0 Å². The molecule has 2 aliphatic rings. The van der Waals surface area contributed by atoms with Crippen molar-refractivity contribution >= 4 is 15.9 Å². The Labute approximate surface area is 141 Å². The van der Waals surface area contributed by atoms with Gasteiger partial charge in [0, 0.05) is 10.9 Å². The minimum atomic E-state index is 0. The summed E-state index contributed by atoms with van der Waals surface area (Å²) in [4.78, 5) is 3.09. The van der Waals surface area contributed by atoms with Crippen molar-refractivity contribution in [2.24, 2.45) is 5.92 Å². The molecule has 0 heterocycles. The van der Waals surface area contributed by atoms with E-state index in [1.54, 1.807) is 0 Å². The fourth-order valence-corrected chi connectivity index (χ4v) is 3.78. The molecule has 2 unspecified atom stereocenters. The van der Waals surface area contributed by atoms with E-state index in [1.807, 2.05) is 0 Å². The maximum absolute atomic E-state index is 3.75. The summed E-state index contributed by atoms with van der Waals surface area (Å²) in [6, 6.07) is 0.724. The second-order valence-corrected chi connectivity index (χ2v) is 6.76. The van der Waals surface area contributed by atoms with Gasteiger partial charge in [0.25, 0.3) is 0 Å². The van der Waals surface area contributed by atoms with Crippen LogP contribution in [-0.2, 0) is 17.1 Å². The van der Waals surface area contributed by atoms with E-state index in [4.69, 9.17) is 0 Å². The Balaban J connectivity index is -0.000000277. The SMILES string of the molecule is C1CCCC1.C[C@H](C1CCCC1Br)N(C)C.[CH3-].[CH3-].[Fe+2]. The number of hydrogen-bond donors (Lipinski definition) is 0. The molecule has 2 saturated carbocycles. The Morgan fingerprint density at radius 1 is 0.895 bits per heavy atom. The molecule has 2 fully saturated rings. The third-order valence-corrected chi connectivity index (χ3v) is 5.30. The van der Waals surface area contributed by atoms with Crippen molar-refractivity contribution in [3.63, 3.8) is 0 Å². The topological polar surface area (TPSA) is 3.24 Å². The van der Waals surface area contributed by atoms with Crippen LogP contribution in [0.2, 0.25) is 0 Å². The van der Waals surface area contributed by atoms with E-state index >= 15 is 0 Å². The quantitative estimate of drug-likeness (QED) is 0.357. The van der Waals surface area contributed by atoms with Crippen LogP contribution in [0.1, 0.15) is 58.3 Å². The first-order valence-electron chi connectivity index (χ1n) is 6.93. The van der Waals surface area contributed by atoms with E-state index in [0.29, 0.717) is 0 Å². The second kappa shape index (κ2) is 13.9. The van der Waals surface area contributed by atoms with E-state index < -0.39 is 0 Å². The molecule has 0 spiro atoms. The fraction of sp³-hybridized carbons (Fsp3) is 0.875. The van der Waals surface area contributed by atoms with Gasteiger partial charge in [-0.2, -0.15) is 0 Å². The van der Waals surface area contributed by atoms with Crippen LogP contribution in [0.25, 0.3) is 0 Å². The van der Waals surface area contributed by atoms with Gasteiger partial charge < -0.3 is 19.8 Å². The number of halogens is 1. The fourth-order valence-electron chi connectivity index (χ4n) is 2.75. The van der Waals surface area contributed by atoms with Crippen LogP contribution in [0.4, 0.5) is 0 Å². The van der Waals surface area contributed by atoms with Gasteiger partial charge in [-0.25, -0.2) is 0 Å². The average molecular weight is 376 g/mol. The summed E-state index contributed by atoms with van der Waals surface area (Å²) < 4.78 is 0. The molecule has 19 heavy (non-hydrogen) atoms. The number of hydrogen-bond acceptors (Lipinski definition) is 1. The monoisotopic (exact) mass is 375 g/mol. The first-order valence-corrected chi connectivity index (χ1v) is 7.85. The molecule has 3 atom stereocenters. The van der Waals surface area contributed by atoms with E-state index in [9.17, 15) is 0 Å². The largest absolute Gasteiger partial charge is 2.00 e. The molecular formula is C16H34BrFeN. The van der Waals surface area contributed by atoms with Crippen LogP contribution < -0.4 is 0 Å². The summed E-state index contributed by atoms with van der Waals surface area (Å²) >= 11 is 3.75. The maximum atomic E-state index is 3.75. The van der Waals surface area contributed by atoms with Crippen molar-refractivity contribution in [2.45, 2.75) is 69.2 Å². The summed E-state index contributed by atoms with van der Waals surface area (Å²) in [5.74, 6) is 0.866. The molecular weight excluding hydrogens is 342 g/mol. The van der Waals surface area contributed by atoms with Gasteiger partial charge in [-0.15, -0.1) is 0 Å². The Bertz CT molecular complexity index is 176. The molecule has 0 aromatic carbocycles. The van der Waals surface area contributed by atoms with Crippen LogP contribution in [0.3, 0.4) is 0 Å². The van der Waals surface area contributed by atoms with Gasteiger partial charge in [-0.1, -0.05) is 54.5 Å². The van der Waals surface area contributed by atoms with Gasteiger partial charge in [0.15, 0.2) is 0 Å². The Hall–Kier alpha value is 0.959.